The van der Waals surface area contributed by atoms with Gasteiger partial charge < -0.3 is 14.8 Å². The van der Waals surface area contributed by atoms with E-state index in [1.807, 2.05) is 24.3 Å². The molecule has 0 bridgehead atoms. The zero-order valence-corrected chi connectivity index (χ0v) is 13.3. The van der Waals surface area contributed by atoms with Gasteiger partial charge in [0.2, 0.25) is 0 Å². The Morgan fingerprint density at radius 1 is 1.08 bits per heavy atom. The van der Waals surface area contributed by atoms with Gasteiger partial charge in [0.1, 0.15) is 0 Å². The monoisotopic (exact) mass is 340 g/mol. The SMILES string of the molecule is O=C1C=CC(=O)OC2(CNCCCN2c2cnc3ccccc3n2)O1. The molecule has 0 aliphatic carbocycles. The lowest BCUT2D eigenvalue weighted by Crippen LogP contribution is -2.59. The number of nitrogens with one attached hydrogen (secondary N) is 1. The number of ether oxygens (including phenoxy) is 2. The fourth-order valence-corrected chi connectivity index (χ4v) is 2.96. The third-order valence-corrected chi connectivity index (χ3v) is 4.08. The molecule has 3 heterocycles. The van der Waals surface area contributed by atoms with Gasteiger partial charge in [-0.3, -0.25) is 9.88 Å². The van der Waals surface area contributed by atoms with Gasteiger partial charge in [0.25, 0.3) is 0 Å². The number of anilines is 1. The summed E-state index contributed by atoms with van der Waals surface area (Å²) in [6.45, 7) is 1.32. The summed E-state index contributed by atoms with van der Waals surface area (Å²) >= 11 is 0. The normalized spacial score (nSPS) is 20.1. The van der Waals surface area contributed by atoms with Gasteiger partial charge in [-0.05, 0) is 25.1 Å². The van der Waals surface area contributed by atoms with Crippen molar-refractivity contribution in [2.75, 3.05) is 24.5 Å². The topological polar surface area (TPSA) is 93.7 Å². The molecule has 2 aliphatic rings. The molecule has 8 heteroatoms. The maximum atomic E-state index is 12.0. The van der Waals surface area contributed by atoms with Crippen LogP contribution in [0.3, 0.4) is 0 Å². The molecule has 0 radical (unpaired) electrons. The summed E-state index contributed by atoms with van der Waals surface area (Å²) in [5, 5.41) is 3.14. The first-order valence-electron chi connectivity index (χ1n) is 8.00. The molecule has 1 aromatic heterocycles. The molecular weight excluding hydrogens is 324 g/mol. The highest BCUT2D eigenvalue weighted by Crippen LogP contribution is 2.29. The zero-order valence-electron chi connectivity index (χ0n) is 13.3. The van der Waals surface area contributed by atoms with Crippen molar-refractivity contribution in [1.82, 2.24) is 15.3 Å². The molecule has 0 unspecified atom stereocenters. The molecule has 2 aliphatic heterocycles. The van der Waals surface area contributed by atoms with Crippen LogP contribution in [0.5, 0.6) is 0 Å². The Morgan fingerprint density at radius 2 is 1.80 bits per heavy atom. The maximum Gasteiger partial charge on any atom is 0.357 e. The van der Waals surface area contributed by atoms with Gasteiger partial charge in [-0.15, -0.1) is 0 Å². The maximum absolute atomic E-state index is 12.0. The quantitative estimate of drug-likeness (QED) is 0.760. The molecule has 1 aromatic carbocycles. The standard InChI is InChI=1S/C17H16N4O4/c22-15-6-7-16(23)25-17(24-15)11-18-8-3-9-21(17)14-10-19-12-4-1-2-5-13(12)20-14/h1-2,4-7,10,18H,3,8-9,11H2. The first-order valence-corrected chi connectivity index (χ1v) is 8.00. The van der Waals surface area contributed by atoms with Crippen LogP contribution in [0.4, 0.5) is 5.82 Å². The average molecular weight is 340 g/mol. The Balaban J connectivity index is 1.80. The van der Waals surface area contributed by atoms with Gasteiger partial charge >= 0.3 is 17.8 Å². The van der Waals surface area contributed by atoms with Gasteiger partial charge in [0.15, 0.2) is 5.82 Å². The second-order valence-electron chi connectivity index (χ2n) is 5.79. The first kappa shape index (κ1) is 15.5. The third kappa shape index (κ3) is 2.91. The number of para-hydroxylation sites is 2. The van der Waals surface area contributed by atoms with Crippen LogP contribution < -0.4 is 10.2 Å². The number of rotatable bonds is 1. The van der Waals surface area contributed by atoms with Gasteiger partial charge in [-0.25, -0.2) is 14.6 Å². The van der Waals surface area contributed by atoms with Crippen LogP contribution in [-0.4, -0.2) is 47.5 Å². The van der Waals surface area contributed by atoms with Gasteiger partial charge in [0, 0.05) is 18.7 Å². The van der Waals surface area contributed by atoms with Crippen molar-refractivity contribution >= 4 is 28.8 Å². The smallest absolute Gasteiger partial charge is 0.357 e. The lowest BCUT2D eigenvalue weighted by Gasteiger charge is -2.39. The van der Waals surface area contributed by atoms with Crippen LogP contribution in [0.25, 0.3) is 11.0 Å². The molecule has 1 N–H and O–H groups in total. The minimum absolute atomic E-state index is 0.140. The minimum atomic E-state index is -1.59. The van der Waals surface area contributed by atoms with Crippen LogP contribution in [-0.2, 0) is 19.1 Å². The average Bonchev–Trinajstić information content (AvgIpc) is 2.90. The van der Waals surface area contributed by atoms with E-state index >= 15 is 0 Å². The van der Waals surface area contributed by atoms with E-state index in [9.17, 15) is 9.59 Å². The van der Waals surface area contributed by atoms with Crippen molar-refractivity contribution in [3.05, 3.63) is 42.6 Å². The number of esters is 2. The summed E-state index contributed by atoms with van der Waals surface area (Å²) in [5.74, 6) is -2.41. The number of benzene rings is 1. The van der Waals surface area contributed by atoms with Crippen molar-refractivity contribution in [3.8, 4) is 0 Å². The second-order valence-corrected chi connectivity index (χ2v) is 5.79. The predicted octanol–water partition coefficient (Wildman–Crippen LogP) is 0.739. The fourth-order valence-electron chi connectivity index (χ4n) is 2.96. The largest absolute Gasteiger partial charge is 0.399 e. The summed E-state index contributed by atoms with van der Waals surface area (Å²) in [4.78, 5) is 34.6. The van der Waals surface area contributed by atoms with Gasteiger partial charge in [-0.1, -0.05) is 12.1 Å². The van der Waals surface area contributed by atoms with Crippen LogP contribution >= 0.6 is 0 Å². The number of carbonyl (C=O) groups is 2. The van der Waals surface area contributed by atoms with E-state index in [0.717, 1.165) is 24.1 Å². The van der Waals surface area contributed by atoms with Crippen molar-refractivity contribution in [2.24, 2.45) is 0 Å². The summed E-state index contributed by atoms with van der Waals surface area (Å²) in [6.07, 6.45) is 4.48. The molecular formula is C17H16N4O4. The van der Waals surface area contributed by atoms with Gasteiger partial charge in [0.05, 0.1) is 23.8 Å². The van der Waals surface area contributed by atoms with Crippen molar-refractivity contribution in [1.29, 1.82) is 0 Å². The Morgan fingerprint density at radius 3 is 2.56 bits per heavy atom. The highest BCUT2D eigenvalue weighted by Gasteiger charge is 2.47. The molecule has 25 heavy (non-hydrogen) atoms. The van der Waals surface area contributed by atoms with Crippen molar-refractivity contribution < 1.29 is 19.1 Å². The number of fused-ring (bicyclic) bond motifs is 1. The van der Waals surface area contributed by atoms with Crippen molar-refractivity contribution in [2.45, 2.75) is 12.3 Å². The van der Waals surface area contributed by atoms with E-state index in [1.165, 1.54) is 0 Å². The van der Waals surface area contributed by atoms with Crippen LogP contribution in [0, 0.1) is 0 Å². The van der Waals surface area contributed by atoms with Crippen LogP contribution in [0.2, 0.25) is 0 Å². The number of carbonyl (C=O) groups excluding carboxylic acids is 2. The molecule has 0 atom stereocenters. The van der Waals surface area contributed by atoms with E-state index in [2.05, 4.69) is 15.3 Å². The highest BCUT2D eigenvalue weighted by atomic mass is 16.8. The van der Waals surface area contributed by atoms with E-state index in [1.54, 1.807) is 11.1 Å². The molecule has 128 valence electrons. The van der Waals surface area contributed by atoms with Crippen molar-refractivity contribution in [3.63, 3.8) is 0 Å². The predicted molar refractivity (Wildman–Crippen MR) is 88.4 cm³/mol. The summed E-state index contributed by atoms with van der Waals surface area (Å²) < 4.78 is 11.0. The molecule has 1 saturated heterocycles. The summed E-state index contributed by atoms with van der Waals surface area (Å²) in [7, 11) is 0. The zero-order chi connectivity index (χ0) is 17.3. The lowest BCUT2D eigenvalue weighted by atomic mass is 10.3. The molecule has 8 nitrogen and oxygen atoms in total. The third-order valence-electron chi connectivity index (χ3n) is 4.08. The number of hydrogen-bond donors (Lipinski definition) is 1. The Bertz CT molecular complexity index is 847. The summed E-state index contributed by atoms with van der Waals surface area (Å²) in [5.41, 5.74) is 1.46. The Kier molecular flexibility index (Phi) is 3.81. The molecule has 1 spiro atoms. The number of aromatic nitrogens is 2. The lowest BCUT2D eigenvalue weighted by molar-refractivity contribution is -0.217. The van der Waals surface area contributed by atoms with Gasteiger partial charge in [-0.2, -0.15) is 0 Å². The molecule has 1 fully saturated rings. The molecule has 4 rings (SSSR count). The highest BCUT2D eigenvalue weighted by molar-refractivity contribution is 5.93. The summed E-state index contributed by atoms with van der Waals surface area (Å²) in [6, 6.07) is 7.47. The van der Waals surface area contributed by atoms with E-state index < -0.39 is 17.8 Å². The Hall–Kier alpha value is -3.00. The number of nitrogens with zero attached hydrogens (tertiary/aromatic N) is 3. The van der Waals surface area contributed by atoms with E-state index in [-0.39, 0.29) is 6.54 Å². The molecule has 2 aromatic rings. The minimum Gasteiger partial charge on any atom is -0.399 e. The molecule has 0 amide bonds. The van der Waals surface area contributed by atoms with E-state index in [0.29, 0.717) is 24.4 Å². The van der Waals surface area contributed by atoms with Crippen LogP contribution in [0.1, 0.15) is 6.42 Å². The second kappa shape index (κ2) is 6.14. The number of hydrogen-bond acceptors (Lipinski definition) is 8. The fraction of sp³-hybridized carbons (Fsp3) is 0.294. The van der Waals surface area contributed by atoms with Crippen LogP contribution in [0.15, 0.2) is 42.6 Å². The van der Waals surface area contributed by atoms with E-state index in [4.69, 9.17) is 9.47 Å². The first-order chi connectivity index (χ1) is 12.2. The molecule has 0 saturated carbocycles. The Labute approximate surface area is 143 Å².